The smallest absolute Gasteiger partial charge is 0.187 e. The molecule has 0 radical (unpaired) electrons. The lowest BCUT2D eigenvalue weighted by Gasteiger charge is -2.06. The van der Waals surface area contributed by atoms with E-state index in [4.69, 9.17) is 11.6 Å². The van der Waals surface area contributed by atoms with Crippen LogP contribution in [0.15, 0.2) is 55.1 Å². The predicted molar refractivity (Wildman–Crippen MR) is 96.5 cm³/mol. The van der Waals surface area contributed by atoms with Gasteiger partial charge in [0.2, 0.25) is 0 Å². The van der Waals surface area contributed by atoms with Crippen LogP contribution in [0.1, 0.15) is 5.56 Å². The minimum absolute atomic E-state index is 0.368. The first-order chi connectivity index (χ1) is 12.3. The Kier molecular flexibility index (Phi) is 3.11. The molecule has 0 aliphatic carbocycles. The van der Waals surface area contributed by atoms with Gasteiger partial charge in [-0.1, -0.05) is 41.9 Å². The van der Waals surface area contributed by atoms with Gasteiger partial charge < -0.3 is 4.57 Å². The highest BCUT2D eigenvalue weighted by Crippen LogP contribution is 2.29. The molecule has 2 aromatic carbocycles. The van der Waals surface area contributed by atoms with Crippen molar-refractivity contribution in [3.8, 4) is 0 Å². The standard InChI is InChI=1S/C18H11ClN6/c19-17-16-12-6-14-15(7-13(12)23-24-18(16)21-9-20-17)25(10-22-14)8-11-4-2-1-3-5-11/h1-7,9-10H,8H2. The number of nitrogens with zero attached hydrogens (tertiary/aromatic N) is 6. The average Bonchev–Trinajstić information content (AvgIpc) is 3.02. The van der Waals surface area contributed by atoms with Gasteiger partial charge in [0.05, 0.1) is 28.3 Å². The molecule has 5 rings (SSSR count). The Morgan fingerprint density at radius 2 is 1.80 bits per heavy atom. The van der Waals surface area contributed by atoms with E-state index in [1.54, 1.807) is 0 Å². The zero-order valence-corrected chi connectivity index (χ0v) is 13.7. The Hall–Kier alpha value is -3.12. The van der Waals surface area contributed by atoms with Crippen LogP contribution in [-0.4, -0.2) is 29.7 Å². The largest absolute Gasteiger partial charge is 0.326 e. The summed E-state index contributed by atoms with van der Waals surface area (Å²) in [4.78, 5) is 12.7. The summed E-state index contributed by atoms with van der Waals surface area (Å²) in [6.45, 7) is 0.744. The molecule has 0 amide bonds. The minimum Gasteiger partial charge on any atom is -0.326 e. The van der Waals surface area contributed by atoms with Crippen molar-refractivity contribution in [3.05, 3.63) is 65.8 Å². The van der Waals surface area contributed by atoms with E-state index in [9.17, 15) is 0 Å². The number of hydrogen-bond donors (Lipinski definition) is 0. The Morgan fingerprint density at radius 3 is 2.68 bits per heavy atom. The van der Waals surface area contributed by atoms with Crippen molar-refractivity contribution in [1.29, 1.82) is 0 Å². The maximum absolute atomic E-state index is 6.26. The fourth-order valence-corrected chi connectivity index (χ4v) is 3.28. The third-order valence-corrected chi connectivity index (χ3v) is 4.52. The second-order valence-corrected chi connectivity index (χ2v) is 6.14. The average molecular weight is 347 g/mol. The number of imidazole rings is 1. The van der Waals surface area contributed by atoms with Gasteiger partial charge in [-0.3, -0.25) is 0 Å². The van der Waals surface area contributed by atoms with E-state index in [1.165, 1.54) is 11.9 Å². The second kappa shape index (κ2) is 5.46. The molecule has 6 nitrogen and oxygen atoms in total. The molecule has 0 atom stereocenters. The van der Waals surface area contributed by atoms with Crippen LogP contribution >= 0.6 is 11.6 Å². The highest BCUT2D eigenvalue weighted by molar-refractivity contribution is 6.36. The summed E-state index contributed by atoms with van der Waals surface area (Å²) in [5.41, 5.74) is 4.31. The van der Waals surface area contributed by atoms with E-state index < -0.39 is 0 Å². The molecular weight excluding hydrogens is 336 g/mol. The molecule has 3 heterocycles. The van der Waals surface area contributed by atoms with Crippen LogP contribution in [0.4, 0.5) is 0 Å². The fraction of sp³-hybridized carbons (Fsp3) is 0.0556. The van der Waals surface area contributed by atoms with Gasteiger partial charge >= 0.3 is 0 Å². The molecule has 0 aliphatic heterocycles. The molecule has 5 aromatic rings. The Labute approximate surface area is 147 Å². The molecule has 0 fully saturated rings. The summed E-state index contributed by atoms with van der Waals surface area (Å²) in [5.74, 6) is 0. The maximum Gasteiger partial charge on any atom is 0.187 e. The number of rotatable bonds is 2. The zero-order valence-electron chi connectivity index (χ0n) is 13.0. The molecule has 3 aromatic heterocycles. The van der Waals surface area contributed by atoms with Crippen molar-refractivity contribution in [2.45, 2.75) is 6.54 Å². The van der Waals surface area contributed by atoms with Crippen LogP contribution in [0, 0.1) is 0 Å². The van der Waals surface area contributed by atoms with Gasteiger partial charge in [0.1, 0.15) is 11.5 Å². The molecule has 0 aliphatic rings. The monoisotopic (exact) mass is 346 g/mol. The van der Waals surface area contributed by atoms with E-state index in [2.05, 4.69) is 41.8 Å². The molecule has 0 spiro atoms. The Bertz CT molecular complexity index is 1230. The van der Waals surface area contributed by atoms with Crippen LogP contribution < -0.4 is 0 Å². The summed E-state index contributed by atoms with van der Waals surface area (Å²) in [6, 6.07) is 14.2. The van der Waals surface area contributed by atoms with E-state index >= 15 is 0 Å². The molecule has 25 heavy (non-hydrogen) atoms. The first-order valence-corrected chi connectivity index (χ1v) is 8.13. The van der Waals surface area contributed by atoms with Crippen LogP contribution in [-0.2, 0) is 6.54 Å². The van der Waals surface area contributed by atoms with Crippen molar-refractivity contribution in [3.63, 3.8) is 0 Å². The molecule has 0 unspecified atom stereocenters. The third-order valence-electron chi connectivity index (χ3n) is 4.24. The summed E-state index contributed by atoms with van der Waals surface area (Å²) >= 11 is 6.26. The summed E-state index contributed by atoms with van der Waals surface area (Å²) < 4.78 is 2.10. The van der Waals surface area contributed by atoms with Gasteiger partial charge in [-0.25, -0.2) is 15.0 Å². The van der Waals surface area contributed by atoms with Gasteiger partial charge in [0, 0.05) is 11.9 Å². The van der Waals surface area contributed by atoms with Crippen LogP contribution in [0.2, 0.25) is 5.15 Å². The van der Waals surface area contributed by atoms with E-state index in [0.717, 1.165) is 28.5 Å². The normalized spacial score (nSPS) is 11.6. The number of aromatic nitrogens is 6. The number of fused-ring (bicyclic) bond motifs is 4. The van der Waals surface area contributed by atoms with Gasteiger partial charge in [-0.05, 0) is 17.7 Å². The van der Waals surface area contributed by atoms with Gasteiger partial charge in [0.25, 0.3) is 0 Å². The Morgan fingerprint density at radius 1 is 0.920 bits per heavy atom. The molecule has 0 saturated heterocycles. The van der Waals surface area contributed by atoms with Crippen molar-refractivity contribution < 1.29 is 0 Å². The topological polar surface area (TPSA) is 69.4 Å². The van der Waals surface area contributed by atoms with E-state index in [1.807, 2.05) is 36.7 Å². The molecular formula is C18H11ClN6. The first-order valence-electron chi connectivity index (χ1n) is 7.75. The highest BCUT2D eigenvalue weighted by Gasteiger charge is 2.12. The molecule has 120 valence electrons. The van der Waals surface area contributed by atoms with Crippen molar-refractivity contribution in [2.24, 2.45) is 0 Å². The lowest BCUT2D eigenvalue weighted by atomic mass is 10.1. The molecule has 7 heteroatoms. The van der Waals surface area contributed by atoms with Crippen LogP contribution in [0.3, 0.4) is 0 Å². The van der Waals surface area contributed by atoms with Crippen LogP contribution in [0.25, 0.3) is 33.0 Å². The molecule has 0 N–H and O–H groups in total. The minimum atomic E-state index is 0.368. The summed E-state index contributed by atoms with van der Waals surface area (Å²) in [7, 11) is 0. The maximum atomic E-state index is 6.26. The predicted octanol–water partition coefficient (Wildman–Crippen LogP) is 3.62. The quantitative estimate of drug-likeness (QED) is 0.360. The van der Waals surface area contributed by atoms with Crippen LogP contribution in [0.5, 0.6) is 0 Å². The SMILES string of the molecule is Clc1ncnc2nnc3cc4c(cc3c12)ncn4Cc1ccccc1. The summed E-state index contributed by atoms with van der Waals surface area (Å²) in [5, 5.41) is 10.4. The van der Waals surface area contributed by atoms with Crippen molar-refractivity contribution in [2.75, 3.05) is 0 Å². The second-order valence-electron chi connectivity index (χ2n) is 5.78. The zero-order chi connectivity index (χ0) is 16.8. The number of benzene rings is 2. The molecule has 0 saturated carbocycles. The van der Waals surface area contributed by atoms with Gasteiger partial charge in [-0.15, -0.1) is 10.2 Å². The molecule has 0 bridgehead atoms. The van der Waals surface area contributed by atoms with Gasteiger partial charge in [-0.2, -0.15) is 0 Å². The summed E-state index contributed by atoms with van der Waals surface area (Å²) in [6.07, 6.45) is 3.22. The lowest BCUT2D eigenvalue weighted by Crippen LogP contribution is -1.98. The van der Waals surface area contributed by atoms with Crippen molar-refractivity contribution in [1.82, 2.24) is 29.7 Å². The fourth-order valence-electron chi connectivity index (χ4n) is 3.05. The van der Waals surface area contributed by atoms with Crippen molar-refractivity contribution >= 4 is 44.6 Å². The van der Waals surface area contributed by atoms with E-state index in [0.29, 0.717) is 16.2 Å². The number of halogens is 1. The van der Waals surface area contributed by atoms with E-state index in [-0.39, 0.29) is 0 Å². The number of hydrogen-bond acceptors (Lipinski definition) is 5. The third kappa shape index (κ3) is 2.30. The first kappa shape index (κ1) is 14.2. The Balaban J connectivity index is 1.74. The highest BCUT2D eigenvalue weighted by atomic mass is 35.5. The van der Waals surface area contributed by atoms with Gasteiger partial charge in [0.15, 0.2) is 5.65 Å². The lowest BCUT2D eigenvalue weighted by molar-refractivity contribution is 0.825.